The number of benzene rings is 1. The summed E-state index contributed by atoms with van der Waals surface area (Å²) in [5.74, 6) is -0.161. The standard InChI is InChI=1S/C11H14N4O2S/c1-8-5-9(12)3-4-11(8)18(16,17)7-10-6-15(2)14-13-10/h3-6H,7,12H2,1-2H3. The molecule has 1 heterocycles. The summed E-state index contributed by atoms with van der Waals surface area (Å²) in [6.07, 6.45) is 1.59. The summed E-state index contributed by atoms with van der Waals surface area (Å²) in [5.41, 5.74) is 7.22. The van der Waals surface area contributed by atoms with E-state index < -0.39 is 9.84 Å². The van der Waals surface area contributed by atoms with Crippen molar-refractivity contribution in [3.8, 4) is 0 Å². The first-order valence-corrected chi connectivity index (χ1v) is 6.98. The lowest BCUT2D eigenvalue weighted by molar-refractivity contribution is 0.594. The summed E-state index contributed by atoms with van der Waals surface area (Å²) in [6.45, 7) is 1.72. The van der Waals surface area contributed by atoms with Gasteiger partial charge in [-0.3, -0.25) is 4.68 Å². The summed E-state index contributed by atoms with van der Waals surface area (Å²) in [6, 6.07) is 4.75. The van der Waals surface area contributed by atoms with Gasteiger partial charge < -0.3 is 5.73 Å². The summed E-state index contributed by atoms with van der Waals surface area (Å²) in [7, 11) is -1.73. The third-order valence-electron chi connectivity index (χ3n) is 2.52. The number of nitrogens with two attached hydrogens (primary N) is 1. The van der Waals surface area contributed by atoms with E-state index in [0.717, 1.165) is 0 Å². The Hall–Kier alpha value is -1.89. The predicted molar refractivity (Wildman–Crippen MR) is 67.5 cm³/mol. The van der Waals surface area contributed by atoms with Crippen molar-refractivity contribution in [1.29, 1.82) is 0 Å². The van der Waals surface area contributed by atoms with E-state index in [0.29, 0.717) is 16.9 Å². The molecule has 0 bridgehead atoms. The van der Waals surface area contributed by atoms with Crippen LogP contribution in [0.1, 0.15) is 11.3 Å². The molecule has 2 N–H and O–H groups in total. The molecule has 0 fully saturated rings. The Bertz CT molecular complexity index is 676. The van der Waals surface area contributed by atoms with Crippen LogP contribution in [0.15, 0.2) is 29.3 Å². The second-order valence-electron chi connectivity index (χ2n) is 4.17. The highest BCUT2D eigenvalue weighted by atomic mass is 32.2. The van der Waals surface area contributed by atoms with Gasteiger partial charge in [-0.15, -0.1) is 5.10 Å². The minimum Gasteiger partial charge on any atom is -0.399 e. The molecule has 0 aliphatic rings. The normalized spacial score (nSPS) is 11.7. The van der Waals surface area contributed by atoms with E-state index in [9.17, 15) is 8.42 Å². The quantitative estimate of drug-likeness (QED) is 0.825. The molecule has 0 spiro atoms. The number of rotatable bonds is 3. The van der Waals surface area contributed by atoms with Crippen molar-refractivity contribution >= 4 is 15.5 Å². The van der Waals surface area contributed by atoms with Crippen LogP contribution in [-0.2, 0) is 22.6 Å². The van der Waals surface area contributed by atoms with Crippen molar-refractivity contribution in [2.75, 3.05) is 5.73 Å². The van der Waals surface area contributed by atoms with E-state index in [1.54, 1.807) is 32.3 Å². The van der Waals surface area contributed by atoms with Gasteiger partial charge in [0.05, 0.1) is 10.6 Å². The van der Waals surface area contributed by atoms with Gasteiger partial charge >= 0.3 is 0 Å². The van der Waals surface area contributed by atoms with Gasteiger partial charge in [0, 0.05) is 18.9 Å². The van der Waals surface area contributed by atoms with E-state index in [1.807, 2.05) is 0 Å². The molecule has 1 aromatic carbocycles. The molecule has 96 valence electrons. The van der Waals surface area contributed by atoms with Crippen LogP contribution in [0.3, 0.4) is 0 Å². The number of aromatic nitrogens is 3. The van der Waals surface area contributed by atoms with Crippen LogP contribution < -0.4 is 5.73 Å². The van der Waals surface area contributed by atoms with Crippen molar-refractivity contribution in [2.45, 2.75) is 17.6 Å². The summed E-state index contributed by atoms with van der Waals surface area (Å²) < 4.78 is 25.9. The summed E-state index contributed by atoms with van der Waals surface area (Å²) in [5, 5.41) is 7.50. The maximum atomic E-state index is 12.2. The second-order valence-corrected chi connectivity index (χ2v) is 6.13. The highest BCUT2D eigenvalue weighted by molar-refractivity contribution is 7.90. The third-order valence-corrected chi connectivity index (χ3v) is 4.33. The van der Waals surface area contributed by atoms with Crippen molar-refractivity contribution in [3.63, 3.8) is 0 Å². The maximum absolute atomic E-state index is 12.2. The minimum absolute atomic E-state index is 0.161. The smallest absolute Gasteiger partial charge is 0.184 e. The molecule has 1 aromatic heterocycles. The third kappa shape index (κ3) is 2.51. The number of hydrogen-bond acceptors (Lipinski definition) is 5. The Labute approximate surface area is 105 Å². The van der Waals surface area contributed by atoms with E-state index >= 15 is 0 Å². The summed E-state index contributed by atoms with van der Waals surface area (Å²) in [4.78, 5) is 0.280. The number of hydrogen-bond donors (Lipinski definition) is 1. The molecule has 0 unspecified atom stereocenters. The predicted octanol–water partition coefficient (Wildman–Crippen LogP) is 0.680. The lowest BCUT2D eigenvalue weighted by atomic mass is 10.2. The maximum Gasteiger partial charge on any atom is 0.184 e. The molecular weight excluding hydrogens is 252 g/mol. The molecule has 18 heavy (non-hydrogen) atoms. The van der Waals surface area contributed by atoms with Crippen LogP contribution in [0.4, 0.5) is 5.69 Å². The SMILES string of the molecule is Cc1cc(N)ccc1S(=O)(=O)Cc1cn(C)nn1. The van der Waals surface area contributed by atoms with Gasteiger partial charge in [-0.25, -0.2) is 8.42 Å². The van der Waals surface area contributed by atoms with E-state index in [4.69, 9.17) is 5.73 Å². The zero-order valence-corrected chi connectivity index (χ0v) is 11.0. The number of nitrogen functional groups attached to an aromatic ring is 1. The van der Waals surface area contributed by atoms with Crippen LogP contribution >= 0.6 is 0 Å². The van der Waals surface area contributed by atoms with Gasteiger partial charge in [-0.1, -0.05) is 5.21 Å². The van der Waals surface area contributed by atoms with Crippen molar-refractivity contribution in [2.24, 2.45) is 7.05 Å². The average molecular weight is 266 g/mol. The number of anilines is 1. The molecule has 0 atom stereocenters. The molecule has 2 rings (SSSR count). The fourth-order valence-electron chi connectivity index (χ4n) is 1.76. The minimum atomic E-state index is -3.42. The van der Waals surface area contributed by atoms with Crippen LogP contribution in [0.25, 0.3) is 0 Å². The molecule has 0 aliphatic heterocycles. The Morgan fingerprint density at radius 3 is 2.67 bits per heavy atom. The number of aryl methyl sites for hydroxylation is 2. The molecule has 0 aliphatic carbocycles. The first-order chi connectivity index (χ1) is 8.38. The fraction of sp³-hybridized carbons (Fsp3) is 0.273. The molecule has 0 saturated carbocycles. The van der Waals surface area contributed by atoms with Crippen molar-refractivity contribution in [1.82, 2.24) is 15.0 Å². The number of nitrogens with zero attached hydrogens (tertiary/aromatic N) is 3. The van der Waals surface area contributed by atoms with Gasteiger partial charge in [-0.2, -0.15) is 0 Å². The fourth-order valence-corrected chi connectivity index (χ4v) is 3.26. The van der Waals surface area contributed by atoms with Crippen molar-refractivity contribution in [3.05, 3.63) is 35.7 Å². The zero-order valence-electron chi connectivity index (χ0n) is 10.2. The first-order valence-electron chi connectivity index (χ1n) is 5.32. The topological polar surface area (TPSA) is 90.9 Å². The highest BCUT2D eigenvalue weighted by Crippen LogP contribution is 2.21. The van der Waals surface area contributed by atoms with Crippen LogP contribution in [-0.4, -0.2) is 23.4 Å². The second kappa shape index (κ2) is 4.41. The van der Waals surface area contributed by atoms with Gasteiger partial charge in [-0.05, 0) is 30.7 Å². The van der Waals surface area contributed by atoms with E-state index in [1.165, 1.54) is 10.7 Å². The molecule has 0 saturated heterocycles. The van der Waals surface area contributed by atoms with Gasteiger partial charge in [0.1, 0.15) is 5.75 Å². The number of sulfone groups is 1. The van der Waals surface area contributed by atoms with Gasteiger partial charge in [0.15, 0.2) is 9.84 Å². The Balaban J connectivity index is 2.36. The molecule has 0 radical (unpaired) electrons. The Morgan fingerprint density at radius 1 is 1.39 bits per heavy atom. The molecule has 6 nitrogen and oxygen atoms in total. The van der Waals surface area contributed by atoms with Gasteiger partial charge in [0.25, 0.3) is 0 Å². The molecular formula is C11H14N4O2S. The van der Waals surface area contributed by atoms with Crippen LogP contribution in [0.2, 0.25) is 0 Å². The highest BCUT2D eigenvalue weighted by Gasteiger charge is 2.19. The lowest BCUT2D eigenvalue weighted by Gasteiger charge is -2.06. The first kappa shape index (κ1) is 12.6. The summed E-state index contributed by atoms with van der Waals surface area (Å²) >= 11 is 0. The van der Waals surface area contributed by atoms with Crippen LogP contribution in [0.5, 0.6) is 0 Å². The molecule has 0 amide bonds. The Kier molecular flexibility index (Phi) is 3.08. The Morgan fingerprint density at radius 2 is 2.11 bits per heavy atom. The van der Waals surface area contributed by atoms with Gasteiger partial charge in [0.2, 0.25) is 0 Å². The lowest BCUT2D eigenvalue weighted by Crippen LogP contribution is -2.07. The largest absolute Gasteiger partial charge is 0.399 e. The molecule has 2 aromatic rings. The zero-order chi connectivity index (χ0) is 13.3. The average Bonchev–Trinajstić information content (AvgIpc) is 2.62. The van der Waals surface area contributed by atoms with E-state index in [2.05, 4.69) is 10.3 Å². The molecule has 7 heteroatoms. The monoisotopic (exact) mass is 266 g/mol. The van der Waals surface area contributed by atoms with Crippen LogP contribution in [0, 0.1) is 6.92 Å². The van der Waals surface area contributed by atoms with Crippen molar-refractivity contribution < 1.29 is 8.42 Å². The van der Waals surface area contributed by atoms with E-state index in [-0.39, 0.29) is 10.6 Å².